The first-order valence-electron chi connectivity index (χ1n) is 8.50. The molecule has 27 heavy (non-hydrogen) atoms. The first kappa shape index (κ1) is 20.2. The van der Waals surface area contributed by atoms with Crippen molar-refractivity contribution < 1.29 is 28.7 Å². The fourth-order valence-electron chi connectivity index (χ4n) is 2.10. The number of amides is 3. The molecule has 0 aromatic heterocycles. The maximum absolute atomic E-state index is 11.9. The molecular formula is C18H23N3O6. The normalized spacial score (nSPS) is 12.7. The molecule has 9 nitrogen and oxygen atoms in total. The molecule has 1 aliphatic carbocycles. The third-order valence-electron chi connectivity index (χ3n) is 3.85. The molecule has 0 atom stereocenters. The standard InChI is InChI=1S/C18H23N3O6/c1-21(10-15(22)20-13-5-6-13)16(23)11-27-17(24)9-19-18(25)12-3-7-14(26-2)8-4-12/h3-4,7-8,13H,5-6,9-11H2,1-2H3,(H,19,25)(H,20,22). The van der Waals surface area contributed by atoms with Gasteiger partial charge in [0.05, 0.1) is 13.7 Å². The fourth-order valence-corrected chi connectivity index (χ4v) is 2.10. The number of likely N-dealkylation sites (N-methyl/N-ethyl adjacent to an activating group) is 1. The van der Waals surface area contributed by atoms with Crippen LogP contribution in [-0.4, -0.2) is 68.5 Å². The van der Waals surface area contributed by atoms with Gasteiger partial charge in [-0.3, -0.25) is 19.2 Å². The molecule has 0 saturated heterocycles. The van der Waals surface area contributed by atoms with E-state index in [1.165, 1.54) is 19.1 Å². The minimum atomic E-state index is -0.749. The Morgan fingerprint density at radius 2 is 1.81 bits per heavy atom. The van der Waals surface area contributed by atoms with E-state index >= 15 is 0 Å². The first-order valence-corrected chi connectivity index (χ1v) is 8.50. The highest BCUT2D eigenvalue weighted by Crippen LogP contribution is 2.18. The molecule has 146 valence electrons. The van der Waals surface area contributed by atoms with Crippen LogP contribution in [0.4, 0.5) is 0 Å². The number of methoxy groups -OCH3 is 1. The minimum absolute atomic E-state index is 0.0961. The lowest BCUT2D eigenvalue weighted by atomic mass is 10.2. The quantitative estimate of drug-likeness (QED) is 0.572. The Labute approximate surface area is 157 Å². The molecule has 0 spiro atoms. The van der Waals surface area contributed by atoms with Crippen LogP contribution in [-0.2, 0) is 19.1 Å². The summed E-state index contributed by atoms with van der Waals surface area (Å²) in [6.07, 6.45) is 1.92. The number of carbonyl (C=O) groups excluding carboxylic acids is 4. The molecule has 0 heterocycles. The van der Waals surface area contributed by atoms with E-state index in [0.717, 1.165) is 12.8 Å². The van der Waals surface area contributed by atoms with Crippen LogP contribution < -0.4 is 15.4 Å². The Morgan fingerprint density at radius 1 is 1.15 bits per heavy atom. The van der Waals surface area contributed by atoms with Gasteiger partial charge >= 0.3 is 5.97 Å². The van der Waals surface area contributed by atoms with Gasteiger partial charge < -0.3 is 25.0 Å². The van der Waals surface area contributed by atoms with Gasteiger partial charge in [-0.2, -0.15) is 0 Å². The van der Waals surface area contributed by atoms with Gasteiger partial charge in [0.15, 0.2) is 6.61 Å². The van der Waals surface area contributed by atoms with E-state index in [2.05, 4.69) is 10.6 Å². The topological polar surface area (TPSA) is 114 Å². The van der Waals surface area contributed by atoms with Crippen molar-refractivity contribution in [2.75, 3.05) is 33.9 Å². The molecular weight excluding hydrogens is 354 g/mol. The Balaban J connectivity index is 1.66. The molecule has 0 aliphatic heterocycles. The maximum Gasteiger partial charge on any atom is 0.325 e. The number of rotatable bonds is 9. The van der Waals surface area contributed by atoms with Gasteiger partial charge in [-0.25, -0.2) is 0 Å². The van der Waals surface area contributed by atoms with Gasteiger partial charge in [0, 0.05) is 18.7 Å². The van der Waals surface area contributed by atoms with Gasteiger partial charge in [-0.05, 0) is 37.1 Å². The van der Waals surface area contributed by atoms with Crippen LogP contribution >= 0.6 is 0 Å². The number of benzene rings is 1. The largest absolute Gasteiger partial charge is 0.497 e. The number of hydrogen-bond acceptors (Lipinski definition) is 6. The van der Waals surface area contributed by atoms with Crippen molar-refractivity contribution in [3.8, 4) is 5.75 Å². The summed E-state index contributed by atoms with van der Waals surface area (Å²) in [5.74, 6) is -1.34. The third-order valence-corrected chi connectivity index (χ3v) is 3.85. The molecule has 1 aliphatic rings. The lowest BCUT2D eigenvalue weighted by Gasteiger charge is -2.16. The highest BCUT2D eigenvalue weighted by molar-refractivity contribution is 5.96. The maximum atomic E-state index is 11.9. The average Bonchev–Trinajstić information content (AvgIpc) is 3.47. The van der Waals surface area contributed by atoms with Gasteiger partial charge in [-0.1, -0.05) is 0 Å². The van der Waals surface area contributed by atoms with E-state index in [9.17, 15) is 19.2 Å². The van der Waals surface area contributed by atoms with Crippen LogP contribution in [0.5, 0.6) is 5.75 Å². The molecule has 1 aromatic carbocycles. The van der Waals surface area contributed by atoms with E-state index < -0.39 is 24.4 Å². The second-order valence-electron chi connectivity index (χ2n) is 6.16. The summed E-state index contributed by atoms with van der Waals surface area (Å²) in [4.78, 5) is 48.3. The van der Waals surface area contributed by atoms with Crippen molar-refractivity contribution in [2.45, 2.75) is 18.9 Å². The second-order valence-corrected chi connectivity index (χ2v) is 6.16. The minimum Gasteiger partial charge on any atom is -0.497 e. The van der Waals surface area contributed by atoms with Crippen molar-refractivity contribution in [1.82, 2.24) is 15.5 Å². The van der Waals surface area contributed by atoms with Crippen LogP contribution in [0.25, 0.3) is 0 Å². The molecule has 2 N–H and O–H groups in total. The van der Waals surface area contributed by atoms with Crippen LogP contribution in [0, 0.1) is 0 Å². The monoisotopic (exact) mass is 377 g/mol. The summed E-state index contributed by atoms with van der Waals surface area (Å²) >= 11 is 0. The van der Waals surface area contributed by atoms with Crippen LogP contribution in [0.15, 0.2) is 24.3 Å². The van der Waals surface area contributed by atoms with Gasteiger partial charge in [0.25, 0.3) is 11.8 Å². The second kappa shape index (κ2) is 9.56. The Morgan fingerprint density at radius 3 is 2.41 bits per heavy atom. The fraction of sp³-hybridized carbons (Fsp3) is 0.444. The van der Waals surface area contributed by atoms with Crippen molar-refractivity contribution in [2.24, 2.45) is 0 Å². The summed E-state index contributed by atoms with van der Waals surface area (Å²) in [6.45, 7) is -0.963. The van der Waals surface area contributed by atoms with Gasteiger partial charge in [0.2, 0.25) is 5.91 Å². The number of esters is 1. The number of nitrogens with one attached hydrogen (secondary N) is 2. The third kappa shape index (κ3) is 6.96. The molecule has 2 rings (SSSR count). The first-order chi connectivity index (χ1) is 12.9. The van der Waals surface area contributed by atoms with Gasteiger partial charge in [-0.15, -0.1) is 0 Å². The average molecular weight is 377 g/mol. The predicted octanol–water partition coefficient (Wildman–Crippen LogP) is -0.295. The highest BCUT2D eigenvalue weighted by atomic mass is 16.5. The number of ether oxygens (including phenoxy) is 2. The molecule has 9 heteroatoms. The van der Waals surface area contributed by atoms with Crippen molar-refractivity contribution in [1.29, 1.82) is 0 Å². The van der Waals surface area contributed by atoms with Gasteiger partial charge in [0.1, 0.15) is 12.3 Å². The zero-order valence-electron chi connectivity index (χ0n) is 15.3. The Kier molecular flexibility index (Phi) is 7.16. The molecule has 0 bridgehead atoms. The lowest BCUT2D eigenvalue weighted by Crippen LogP contribution is -2.41. The zero-order valence-corrected chi connectivity index (χ0v) is 15.3. The van der Waals surface area contributed by atoms with Crippen molar-refractivity contribution >= 4 is 23.7 Å². The summed E-state index contributed by atoms with van der Waals surface area (Å²) in [6, 6.07) is 6.59. The summed E-state index contributed by atoms with van der Waals surface area (Å²) in [5.41, 5.74) is 0.362. The smallest absolute Gasteiger partial charge is 0.325 e. The Bertz CT molecular complexity index is 700. The van der Waals surface area contributed by atoms with E-state index in [-0.39, 0.29) is 25.0 Å². The lowest BCUT2D eigenvalue weighted by molar-refractivity contribution is -0.151. The number of carbonyl (C=O) groups is 4. The summed E-state index contributed by atoms with van der Waals surface area (Å²) < 4.78 is 9.83. The summed E-state index contributed by atoms with van der Waals surface area (Å²) in [5, 5.41) is 5.17. The van der Waals surface area contributed by atoms with Crippen LogP contribution in [0.3, 0.4) is 0 Å². The Hall–Kier alpha value is -3.10. The summed E-state index contributed by atoms with van der Waals surface area (Å²) in [7, 11) is 2.97. The molecule has 3 amide bonds. The predicted molar refractivity (Wildman–Crippen MR) is 95.1 cm³/mol. The zero-order chi connectivity index (χ0) is 19.8. The molecule has 1 fully saturated rings. The number of nitrogens with zero attached hydrogens (tertiary/aromatic N) is 1. The van der Waals surface area contributed by atoms with Crippen LogP contribution in [0.1, 0.15) is 23.2 Å². The SMILES string of the molecule is COc1ccc(C(=O)NCC(=O)OCC(=O)N(C)CC(=O)NC2CC2)cc1. The molecule has 1 aromatic rings. The molecule has 0 radical (unpaired) electrons. The molecule has 1 saturated carbocycles. The van der Waals surface area contributed by atoms with E-state index in [0.29, 0.717) is 11.3 Å². The van der Waals surface area contributed by atoms with Crippen LogP contribution in [0.2, 0.25) is 0 Å². The van der Waals surface area contributed by atoms with E-state index in [1.54, 1.807) is 24.3 Å². The van der Waals surface area contributed by atoms with E-state index in [1.807, 2.05) is 0 Å². The highest BCUT2D eigenvalue weighted by Gasteiger charge is 2.24. The molecule has 0 unspecified atom stereocenters. The number of hydrogen-bond donors (Lipinski definition) is 2. The van der Waals surface area contributed by atoms with Crippen molar-refractivity contribution in [3.63, 3.8) is 0 Å². The van der Waals surface area contributed by atoms with Crippen molar-refractivity contribution in [3.05, 3.63) is 29.8 Å². The van der Waals surface area contributed by atoms with E-state index in [4.69, 9.17) is 9.47 Å².